The van der Waals surface area contributed by atoms with Gasteiger partial charge in [0, 0.05) is 18.6 Å². The standard InChI is InChI=1S/C8H10N2O3/c11-3-5-1-7(5)10-8(12)6-2-9-13-4-6/h2,4-5,7,11H,1,3H2,(H,10,12)/t5-,7+/m0/s1. The van der Waals surface area contributed by atoms with Gasteiger partial charge in [-0.25, -0.2) is 0 Å². The summed E-state index contributed by atoms with van der Waals surface area (Å²) in [7, 11) is 0. The summed E-state index contributed by atoms with van der Waals surface area (Å²) < 4.78 is 4.53. The van der Waals surface area contributed by atoms with Gasteiger partial charge in [-0.1, -0.05) is 5.16 Å². The van der Waals surface area contributed by atoms with E-state index in [1.54, 1.807) is 0 Å². The maximum Gasteiger partial charge on any atom is 0.256 e. The van der Waals surface area contributed by atoms with Crippen molar-refractivity contribution in [2.45, 2.75) is 12.5 Å². The number of aliphatic hydroxyl groups excluding tert-OH is 1. The summed E-state index contributed by atoms with van der Waals surface area (Å²) in [5.74, 6) is 0.0333. The molecule has 1 amide bonds. The zero-order chi connectivity index (χ0) is 9.26. The van der Waals surface area contributed by atoms with E-state index in [1.807, 2.05) is 0 Å². The van der Waals surface area contributed by atoms with Crippen molar-refractivity contribution in [1.82, 2.24) is 10.5 Å². The molecule has 1 aromatic rings. The maximum atomic E-state index is 11.3. The molecule has 1 aliphatic carbocycles. The summed E-state index contributed by atoms with van der Waals surface area (Å²) >= 11 is 0. The molecule has 2 N–H and O–H groups in total. The fourth-order valence-electron chi connectivity index (χ4n) is 1.19. The van der Waals surface area contributed by atoms with Crippen molar-refractivity contribution in [3.63, 3.8) is 0 Å². The minimum atomic E-state index is -0.192. The van der Waals surface area contributed by atoms with Crippen LogP contribution in [-0.2, 0) is 0 Å². The van der Waals surface area contributed by atoms with Crippen molar-refractivity contribution >= 4 is 5.91 Å². The number of nitrogens with one attached hydrogen (secondary N) is 1. The lowest BCUT2D eigenvalue weighted by Crippen LogP contribution is -2.26. The van der Waals surface area contributed by atoms with Crippen LogP contribution in [0.4, 0.5) is 0 Å². The van der Waals surface area contributed by atoms with Crippen LogP contribution in [0.15, 0.2) is 17.0 Å². The molecule has 2 rings (SSSR count). The minimum absolute atomic E-state index is 0.118. The normalized spacial score (nSPS) is 25.6. The van der Waals surface area contributed by atoms with E-state index in [1.165, 1.54) is 12.5 Å². The molecule has 1 saturated carbocycles. The maximum absolute atomic E-state index is 11.3. The number of rotatable bonds is 3. The Kier molecular flexibility index (Phi) is 2.02. The van der Waals surface area contributed by atoms with Crippen LogP contribution in [0.3, 0.4) is 0 Å². The van der Waals surface area contributed by atoms with Gasteiger partial charge >= 0.3 is 0 Å². The largest absolute Gasteiger partial charge is 0.396 e. The number of nitrogens with zero attached hydrogens (tertiary/aromatic N) is 1. The molecule has 5 nitrogen and oxygen atoms in total. The van der Waals surface area contributed by atoms with E-state index in [2.05, 4.69) is 15.0 Å². The molecule has 0 radical (unpaired) electrons. The van der Waals surface area contributed by atoms with Gasteiger partial charge < -0.3 is 14.9 Å². The third kappa shape index (κ3) is 1.70. The lowest BCUT2D eigenvalue weighted by Gasteiger charge is -1.99. The number of amides is 1. The number of carbonyl (C=O) groups is 1. The first-order chi connectivity index (χ1) is 6.31. The second-order valence-corrected chi connectivity index (χ2v) is 3.17. The smallest absolute Gasteiger partial charge is 0.256 e. The van der Waals surface area contributed by atoms with Crippen LogP contribution >= 0.6 is 0 Å². The van der Waals surface area contributed by atoms with Crippen molar-refractivity contribution in [1.29, 1.82) is 0 Å². The van der Waals surface area contributed by atoms with E-state index >= 15 is 0 Å². The summed E-state index contributed by atoms with van der Waals surface area (Å²) in [6, 6.07) is 0.118. The van der Waals surface area contributed by atoms with E-state index in [9.17, 15) is 4.79 Å². The SMILES string of the molecule is O=C(N[C@@H]1C[C@H]1CO)c1cnoc1. The number of carbonyl (C=O) groups excluding carboxylic acids is 1. The number of aromatic nitrogens is 1. The molecule has 70 valence electrons. The van der Waals surface area contributed by atoms with Crippen LogP contribution in [0.25, 0.3) is 0 Å². The molecule has 0 unspecified atom stereocenters. The molecule has 5 heteroatoms. The van der Waals surface area contributed by atoms with Crippen molar-refractivity contribution in [2.24, 2.45) is 5.92 Å². The summed E-state index contributed by atoms with van der Waals surface area (Å²) in [5, 5.41) is 14.9. The molecule has 1 fully saturated rings. The first kappa shape index (κ1) is 8.25. The Labute approximate surface area is 74.7 Å². The Morgan fingerprint density at radius 1 is 1.85 bits per heavy atom. The quantitative estimate of drug-likeness (QED) is 0.678. The van der Waals surface area contributed by atoms with E-state index in [0.29, 0.717) is 5.56 Å². The highest BCUT2D eigenvalue weighted by Gasteiger charge is 2.37. The first-order valence-electron chi connectivity index (χ1n) is 4.12. The molecule has 0 bridgehead atoms. The second kappa shape index (κ2) is 3.18. The van der Waals surface area contributed by atoms with Crippen LogP contribution in [-0.4, -0.2) is 28.8 Å². The molecular weight excluding hydrogens is 172 g/mol. The zero-order valence-electron chi connectivity index (χ0n) is 6.93. The first-order valence-corrected chi connectivity index (χ1v) is 4.12. The Hall–Kier alpha value is -1.36. The summed E-state index contributed by atoms with van der Waals surface area (Å²) in [5.41, 5.74) is 0.420. The fraction of sp³-hybridized carbons (Fsp3) is 0.500. The lowest BCUT2D eigenvalue weighted by atomic mass is 10.3. The highest BCUT2D eigenvalue weighted by atomic mass is 16.5. The van der Waals surface area contributed by atoms with E-state index in [0.717, 1.165) is 6.42 Å². The fourth-order valence-corrected chi connectivity index (χ4v) is 1.19. The second-order valence-electron chi connectivity index (χ2n) is 3.17. The molecule has 2 atom stereocenters. The number of hydrogen-bond acceptors (Lipinski definition) is 4. The zero-order valence-corrected chi connectivity index (χ0v) is 6.93. The topological polar surface area (TPSA) is 75.4 Å². The van der Waals surface area contributed by atoms with Crippen LogP contribution in [0.1, 0.15) is 16.8 Å². The van der Waals surface area contributed by atoms with Gasteiger partial charge in [0.05, 0.1) is 11.8 Å². The Morgan fingerprint density at radius 3 is 3.23 bits per heavy atom. The molecule has 1 aliphatic rings. The molecule has 0 aliphatic heterocycles. The van der Waals surface area contributed by atoms with E-state index in [-0.39, 0.29) is 24.5 Å². The Bertz CT molecular complexity index is 296. The molecule has 1 heterocycles. The van der Waals surface area contributed by atoms with Gasteiger partial charge in [0.25, 0.3) is 5.91 Å². The Morgan fingerprint density at radius 2 is 2.69 bits per heavy atom. The minimum Gasteiger partial charge on any atom is -0.396 e. The highest BCUT2D eigenvalue weighted by molar-refractivity contribution is 5.93. The third-order valence-corrected chi connectivity index (χ3v) is 2.17. The molecule has 0 saturated heterocycles. The van der Waals surface area contributed by atoms with Gasteiger partial charge in [-0.2, -0.15) is 0 Å². The number of aliphatic hydroxyl groups is 1. The summed E-state index contributed by atoms with van der Waals surface area (Å²) in [6.07, 6.45) is 3.52. The summed E-state index contributed by atoms with van der Waals surface area (Å²) in [4.78, 5) is 11.3. The number of hydrogen-bond donors (Lipinski definition) is 2. The van der Waals surface area contributed by atoms with Crippen molar-refractivity contribution < 1.29 is 14.4 Å². The highest BCUT2D eigenvalue weighted by Crippen LogP contribution is 2.29. The Balaban J connectivity index is 1.87. The predicted molar refractivity (Wildman–Crippen MR) is 43.0 cm³/mol. The molecule has 1 aromatic heterocycles. The van der Waals surface area contributed by atoms with Crippen LogP contribution < -0.4 is 5.32 Å². The van der Waals surface area contributed by atoms with Crippen molar-refractivity contribution in [3.05, 3.63) is 18.0 Å². The third-order valence-electron chi connectivity index (χ3n) is 2.17. The van der Waals surface area contributed by atoms with Gasteiger partial charge in [0.2, 0.25) is 0 Å². The van der Waals surface area contributed by atoms with Crippen LogP contribution in [0.2, 0.25) is 0 Å². The van der Waals surface area contributed by atoms with Gasteiger partial charge in [0.1, 0.15) is 6.26 Å². The predicted octanol–water partition coefficient (Wildman–Crippen LogP) is -0.215. The molecule has 0 spiro atoms. The average molecular weight is 182 g/mol. The molecule has 13 heavy (non-hydrogen) atoms. The average Bonchev–Trinajstić information content (AvgIpc) is 2.68. The lowest BCUT2D eigenvalue weighted by molar-refractivity contribution is 0.0947. The molecule has 0 aromatic carbocycles. The monoisotopic (exact) mass is 182 g/mol. The summed E-state index contributed by atoms with van der Waals surface area (Å²) in [6.45, 7) is 0.134. The van der Waals surface area contributed by atoms with E-state index < -0.39 is 0 Å². The molecular formula is C8H10N2O3. The van der Waals surface area contributed by atoms with Crippen molar-refractivity contribution in [3.8, 4) is 0 Å². The van der Waals surface area contributed by atoms with Gasteiger partial charge in [-0.05, 0) is 6.42 Å². The van der Waals surface area contributed by atoms with E-state index in [4.69, 9.17) is 5.11 Å². The van der Waals surface area contributed by atoms with Gasteiger partial charge in [-0.15, -0.1) is 0 Å². The van der Waals surface area contributed by atoms with Gasteiger partial charge in [0.15, 0.2) is 0 Å². The van der Waals surface area contributed by atoms with Crippen molar-refractivity contribution in [2.75, 3.05) is 6.61 Å². The van der Waals surface area contributed by atoms with Crippen LogP contribution in [0, 0.1) is 5.92 Å². The van der Waals surface area contributed by atoms with Crippen LogP contribution in [0.5, 0.6) is 0 Å². The van der Waals surface area contributed by atoms with Gasteiger partial charge in [-0.3, -0.25) is 4.79 Å².